The van der Waals surface area contributed by atoms with Gasteiger partial charge in [0.2, 0.25) is 0 Å². The summed E-state index contributed by atoms with van der Waals surface area (Å²) < 4.78 is 1.66. The van der Waals surface area contributed by atoms with Gasteiger partial charge in [0.1, 0.15) is 12.4 Å². The van der Waals surface area contributed by atoms with Gasteiger partial charge in [0.25, 0.3) is 0 Å². The zero-order valence-corrected chi connectivity index (χ0v) is 9.15. The number of aromatic nitrogens is 3. The Labute approximate surface area is 97.5 Å². The molecule has 2 aromatic heterocycles. The molecule has 0 amide bonds. The van der Waals surface area contributed by atoms with E-state index < -0.39 is 5.97 Å². The second-order valence-corrected chi connectivity index (χ2v) is 4.17. The van der Waals surface area contributed by atoms with Gasteiger partial charge in [-0.2, -0.15) is 5.10 Å². The third kappa shape index (κ3) is 1.93. The third-order valence-corrected chi connectivity index (χ3v) is 2.83. The molecular formula is C11H12N4O2. The smallest absolute Gasteiger partial charge is 0.323 e. The maximum atomic E-state index is 10.8. The molecule has 0 bridgehead atoms. The number of carbonyl (C=O) groups is 1. The van der Waals surface area contributed by atoms with E-state index in [0.29, 0.717) is 11.9 Å². The number of nitrogens with zero attached hydrogens (tertiary/aromatic N) is 4. The summed E-state index contributed by atoms with van der Waals surface area (Å²) in [6.07, 6.45) is 5.55. The summed E-state index contributed by atoms with van der Waals surface area (Å²) in [5, 5.41) is 13.0. The van der Waals surface area contributed by atoms with Gasteiger partial charge in [-0.1, -0.05) is 0 Å². The molecule has 3 rings (SSSR count). The number of carboxylic acids is 1. The predicted octanol–water partition coefficient (Wildman–Crippen LogP) is 0.783. The van der Waals surface area contributed by atoms with Crippen molar-refractivity contribution >= 4 is 17.4 Å². The largest absolute Gasteiger partial charge is 0.480 e. The SMILES string of the molecule is O=C(O)CN(c1ccn2nccc2n1)C1CC1. The summed E-state index contributed by atoms with van der Waals surface area (Å²) in [7, 11) is 0. The summed E-state index contributed by atoms with van der Waals surface area (Å²) in [5.41, 5.74) is 0.735. The summed E-state index contributed by atoms with van der Waals surface area (Å²) in [6.45, 7) is 0.00196. The van der Waals surface area contributed by atoms with Gasteiger partial charge in [-0.15, -0.1) is 0 Å². The Morgan fingerprint density at radius 3 is 3.06 bits per heavy atom. The molecule has 1 saturated carbocycles. The lowest BCUT2D eigenvalue weighted by Crippen LogP contribution is -2.32. The van der Waals surface area contributed by atoms with Gasteiger partial charge in [-0.05, 0) is 18.9 Å². The van der Waals surface area contributed by atoms with E-state index in [2.05, 4.69) is 10.1 Å². The van der Waals surface area contributed by atoms with E-state index in [1.54, 1.807) is 29.0 Å². The number of hydrogen-bond donors (Lipinski definition) is 1. The molecule has 6 heteroatoms. The van der Waals surface area contributed by atoms with E-state index in [9.17, 15) is 4.79 Å². The molecule has 0 spiro atoms. The zero-order chi connectivity index (χ0) is 11.8. The lowest BCUT2D eigenvalue weighted by atomic mass is 10.4. The Hall–Kier alpha value is -2.11. The predicted molar refractivity (Wildman–Crippen MR) is 61.0 cm³/mol. The lowest BCUT2D eigenvalue weighted by molar-refractivity contribution is -0.135. The number of fused-ring (bicyclic) bond motifs is 1. The van der Waals surface area contributed by atoms with Gasteiger partial charge in [0, 0.05) is 18.3 Å². The Balaban J connectivity index is 1.95. The van der Waals surface area contributed by atoms with Gasteiger partial charge in [-0.25, -0.2) is 9.50 Å². The lowest BCUT2D eigenvalue weighted by Gasteiger charge is -2.21. The van der Waals surface area contributed by atoms with Gasteiger partial charge in [-0.3, -0.25) is 4.79 Å². The van der Waals surface area contributed by atoms with Crippen molar-refractivity contribution in [2.45, 2.75) is 18.9 Å². The Kier molecular flexibility index (Phi) is 2.21. The normalized spacial score (nSPS) is 15.1. The molecular weight excluding hydrogens is 220 g/mol. The molecule has 0 radical (unpaired) electrons. The number of anilines is 1. The van der Waals surface area contributed by atoms with Crippen LogP contribution < -0.4 is 4.90 Å². The van der Waals surface area contributed by atoms with Crippen molar-refractivity contribution < 1.29 is 9.90 Å². The van der Waals surface area contributed by atoms with Crippen LogP contribution in [0.1, 0.15) is 12.8 Å². The highest BCUT2D eigenvalue weighted by Gasteiger charge is 2.31. The maximum absolute atomic E-state index is 10.8. The fraction of sp³-hybridized carbons (Fsp3) is 0.364. The second kappa shape index (κ2) is 3.73. The van der Waals surface area contributed by atoms with Crippen LogP contribution in [-0.2, 0) is 4.79 Å². The molecule has 0 unspecified atom stereocenters. The van der Waals surface area contributed by atoms with Crippen LogP contribution in [0.4, 0.5) is 5.82 Å². The van der Waals surface area contributed by atoms with Gasteiger partial charge < -0.3 is 10.0 Å². The third-order valence-electron chi connectivity index (χ3n) is 2.83. The van der Waals surface area contributed by atoms with Crippen molar-refractivity contribution in [3.05, 3.63) is 24.5 Å². The van der Waals surface area contributed by atoms with E-state index >= 15 is 0 Å². The topological polar surface area (TPSA) is 70.7 Å². The monoisotopic (exact) mass is 232 g/mol. The minimum absolute atomic E-state index is 0.00196. The Morgan fingerprint density at radius 1 is 1.53 bits per heavy atom. The molecule has 0 aliphatic heterocycles. The van der Waals surface area contributed by atoms with Crippen LogP contribution in [-0.4, -0.2) is 38.3 Å². The van der Waals surface area contributed by atoms with Crippen molar-refractivity contribution in [3.63, 3.8) is 0 Å². The molecule has 1 N–H and O–H groups in total. The zero-order valence-electron chi connectivity index (χ0n) is 9.15. The maximum Gasteiger partial charge on any atom is 0.323 e. The molecule has 17 heavy (non-hydrogen) atoms. The standard InChI is InChI=1S/C11H12N4O2/c16-11(17)7-14(8-1-2-8)9-4-6-15-10(13-9)3-5-12-15/h3-6,8H,1-2,7H2,(H,16,17). The van der Waals surface area contributed by atoms with E-state index in [0.717, 1.165) is 18.5 Å². The molecule has 1 fully saturated rings. The Bertz CT molecular complexity index is 561. The number of rotatable bonds is 4. The van der Waals surface area contributed by atoms with Crippen LogP contribution in [0.3, 0.4) is 0 Å². The van der Waals surface area contributed by atoms with Crippen molar-refractivity contribution in [1.82, 2.24) is 14.6 Å². The number of aliphatic carboxylic acids is 1. The van der Waals surface area contributed by atoms with Crippen LogP contribution in [0.2, 0.25) is 0 Å². The first-order valence-corrected chi connectivity index (χ1v) is 5.53. The minimum atomic E-state index is -0.827. The van der Waals surface area contributed by atoms with Crippen molar-refractivity contribution in [2.75, 3.05) is 11.4 Å². The first-order chi connectivity index (χ1) is 8.24. The minimum Gasteiger partial charge on any atom is -0.480 e. The molecule has 2 heterocycles. The van der Waals surface area contributed by atoms with E-state index in [1.807, 2.05) is 4.90 Å². The van der Waals surface area contributed by atoms with E-state index in [1.165, 1.54) is 0 Å². The molecule has 0 saturated heterocycles. The summed E-state index contributed by atoms with van der Waals surface area (Å²) >= 11 is 0. The quantitative estimate of drug-likeness (QED) is 0.843. The highest BCUT2D eigenvalue weighted by molar-refractivity contribution is 5.73. The number of hydrogen-bond acceptors (Lipinski definition) is 4. The van der Waals surface area contributed by atoms with E-state index in [-0.39, 0.29) is 6.54 Å². The summed E-state index contributed by atoms with van der Waals surface area (Å²) in [5.74, 6) is -0.116. The highest BCUT2D eigenvalue weighted by Crippen LogP contribution is 2.30. The summed E-state index contributed by atoms with van der Waals surface area (Å²) in [6, 6.07) is 3.93. The van der Waals surface area contributed by atoms with Crippen LogP contribution in [0, 0.1) is 0 Å². The molecule has 2 aromatic rings. The molecule has 1 aliphatic rings. The van der Waals surface area contributed by atoms with Gasteiger partial charge in [0.05, 0.1) is 6.20 Å². The van der Waals surface area contributed by atoms with Crippen LogP contribution in [0.15, 0.2) is 24.5 Å². The van der Waals surface area contributed by atoms with Crippen LogP contribution >= 0.6 is 0 Å². The Morgan fingerprint density at radius 2 is 2.35 bits per heavy atom. The molecule has 1 aliphatic carbocycles. The molecule has 88 valence electrons. The fourth-order valence-electron chi connectivity index (χ4n) is 1.89. The highest BCUT2D eigenvalue weighted by atomic mass is 16.4. The van der Waals surface area contributed by atoms with Crippen molar-refractivity contribution in [2.24, 2.45) is 0 Å². The summed E-state index contributed by atoms with van der Waals surface area (Å²) in [4.78, 5) is 17.1. The van der Waals surface area contributed by atoms with E-state index in [4.69, 9.17) is 5.11 Å². The number of carboxylic acid groups (broad SMARTS) is 1. The van der Waals surface area contributed by atoms with Crippen LogP contribution in [0.25, 0.3) is 5.65 Å². The van der Waals surface area contributed by atoms with Crippen molar-refractivity contribution in [1.29, 1.82) is 0 Å². The molecule has 0 atom stereocenters. The average Bonchev–Trinajstić information content (AvgIpc) is 3.03. The first kappa shape index (κ1) is 10.1. The van der Waals surface area contributed by atoms with Gasteiger partial charge >= 0.3 is 5.97 Å². The molecule has 0 aromatic carbocycles. The first-order valence-electron chi connectivity index (χ1n) is 5.53. The second-order valence-electron chi connectivity index (χ2n) is 4.17. The fourth-order valence-corrected chi connectivity index (χ4v) is 1.89. The molecule has 6 nitrogen and oxygen atoms in total. The van der Waals surface area contributed by atoms with Crippen molar-refractivity contribution in [3.8, 4) is 0 Å². The van der Waals surface area contributed by atoms with Crippen LogP contribution in [0.5, 0.6) is 0 Å². The average molecular weight is 232 g/mol. The van der Waals surface area contributed by atoms with Gasteiger partial charge in [0.15, 0.2) is 5.65 Å².